The summed E-state index contributed by atoms with van der Waals surface area (Å²) in [7, 11) is 0. The average Bonchev–Trinajstić information content (AvgIpc) is 3.14. The predicted molar refractivity (Wildman–Crippen MR) is 118 cm³/mol. The predicted octanol–water partition coefficient (Wildman–Crippen LogP) is 2.86. The molecule has 2 N–H and O–H groups in total. The maximum atomic E-state index is 12.5. The van der Waals surface area contributed by atoms with E-state index < -0.39 is 11.2 Å². The molecule has 0 fully saturated rings. The topological polar surface area (TPSA) is 114 Å². The number of aromatic amines is 2. The van der Waals surface area contributed by atoms with E-state index in [9.17, 15) is 14.4 Å². The number of hydrogen-bond donors (Lipinski definition) is 2. The number of halogens is 1. The van der Waals surface area contributed by atoms with E-state index in [-0.39, 0.29) is 18.0 Å². The third kappa shape index (κ3) is 5.01. The Morgan fingerprint density at radius 1 is 1.00 bits per heavy atom. The number of Topliss-reactive ketones (excluding diaryl/α,β-unsaturated/α-hetero) is 1. The number of carbonyl (C=O) groups is 1. The standard InChI is InChI=1S/C21H16ClN5O3S/c22-14-6-8-16(9-7-14)27-18(10-15-11-19(29)24-20(30)23-15)25-26-21(27)31-12-17(28)13-4-2-1-3-5-13/h1-9,11H,10,12H2,(H2,23,24,29,30). The van der Waals surface area contributed by atoms with Gasteiger partial charge in [-0.15, -0.1) is 10.2 Å². The highest BCUT2D eigenvalue weighted by atomic mass is 35.5. The van der Waals surface area contributed by atoms with Gasteiger partial charge in [-0.1, -0.05) is 53.7 Å². The van der Waals surface area contributed by atoms with Crippen LogP contribution in [-0.4, -0.2) is 36.3 Å². The average molecular weight is 454 g/mol. The van der Waals surface area contributed by atoms with Crippen LogP contribution in [0.2, 0.25) is 5.02 Å². The highest BCUT2D eigenvalue weighted by Gasteiger charge is 2.17. The molecule has 4 rings (SSSR count). The Morgan fingerprint density at radius 2 is 1.74 bits per heavy atom. The number of hydrogen-bond acceptors (Lipinski definition) is 6. The molecule has 4 aromatic rings. The molecule has 2 heterocycles. The Labute approximate surface area is 185 Å². The van der Waals surface area contributed by atoms with Gasteiger partial charge in [0.2, 0.25) is 0 Å². The number of thioether (sulfide) groups is 1. The summed E-state index contributed by atoms with van der Waals surface area (Å²) >= 11 is 7.27. The van der Waals surface area contributed by atoms with Gasteiger partial charge in [-0.25, -0.2) is 4.79 Å². The molecule has 31 heavy (non-hydrogen) atoms. The highest BCUT2D eigenvalue weighted by molar-refractivity contribution is 7.99. The van der Waals surface area contributed by atoms with E-state index in [4.69, 9.17) is 11.6 Å². The summed E-state index contributed by atoms with van der Waals surface area (Å²) in [6.45, 7) is 0. The Kier molecular flexibility index (Phi) is 6.15. The number of nitrogens with zero attached hydrogens (tertiary/aromatic N) is 3. The van der Waals surface area contributed by atoms with Gasteiger partial charge in [0.1, 0.15) is 5.82 Å². The van der Waals surface area contributed by atoms with Crippen LogP contribution in [0, 0.1) is 0 Å². The normalized spacial score (nSPS) is 10.9. The van der Waals surface area contributed by atoms with E-state index in [0.717, 1.165) is 5.69 Å². The SMILES string of the molecule is O=C(CSc1nnc(Cc2cc(=O)[nH]c(=O)[nH]2)n1-c1ccc(Cl)cc1)c1ccccc1. The van der Waals surface area contributed by atoms with Crippen LogP contribution in [0.3, 0.4) is 0 Å². The van der Waals surface area contributed by atoms with Crippen molar-refractivity contribution in [2.45, 2.75) is 11.6 Å². The lowest BCUT2D eigenvalue weighted by atomic mass is 10.2. The third-order valence-electron chi connectivity index (χ3n) is 4.38. The van der Waals surface area contributed by atoms with Gasteiger partial charge in [0.05, 0.1) is 5.75 Å². The minimum absolute atomic E-state index is 0.0308. The lowest BCUT2D eigenvalue weighted by molar-refractivity contribution is 0.102. The molecule has 156 valence electrons. The summed E-state index contributed by atoms with van der Waals surface area (Å²) in [5, 5.41) is 9.55. The molecule has 0 amide bonds. The van der Waals surface area contributed by atoms with E-state index >= 15 is 0 Å². The first kappa shape index (κ1) is 20.8. The Balaban J connectivity index is 1.66. The minimum atomic E-state index is -0.594. The molecule has 0 unspecified atom stereocenters. The van der Waals surface area contributed by atoms with Crippen molar-refractivity contribution >= 4 is 29.1 Å². The molecule has 10 heteroatoms. The first-order valence-electron chi connectivity index (χ1n) is 9.23. The van der Waals surface area contributed by atoms with Crippen molar-refractivity contribution in [2.75, 3.05) is 5.75 Å². The number of carbonyl (C=O) groups excluding carboxylic acids is 1. The van der Waals surface area contributed by atoms with E-state index in [2.05, 4.69) is 20.2 Å². The summed E-state index contributed by atoms with van der Waals surface area (Å²) in [6.07, 6.45) is 0.169. The fraction of sp³-hybridized carbons (Fsp3) is 0.0952. The molecular weight excluding hydrogens is 438 g/mol. The molecule has 0 atom stereocenters. The summed E-state index contributed by atoms with van der Waals surface area (Å²) < 4.78 is 1.78. The largest absolute Gasteiger partial charge is 0.325 e. The van der Waals surface area contributed by atoms with Gasteiger partial charge in [-0.3, -0.25) is 19.1 Å². The first-order chi connectivity index (χ1) is 15.0. The van der Waals surface area contributed by atoms with Crippen LogP contribution in [0.15, 0.2) is 75.4 Å². The molecule has 0 saturated heterocycles. The van der Waals surface area contributed by atoms with Crippen molar-refractivity contribution in [3.63, 3.8) is 0 Å². The lowest BCUT2D eigenvalue weighted by Crippen LogP contribution is -2.23. The van der Waals surface area contributed by atoms with Gasteiger partial charge >= 0.3 is 5.69 Å². The second-order valence-corrected chi connectivity index (χ2v) is 7.96. The molecule has 0 radical (unpaired) electrons. The molecule has 0 saturated carbocycles. The fourth-order valence-electron chi connectivity index (χ4n) is 2.98. The summed E-state index contributed by atoms with van der Waals surface area (Å²) in [4.78, 5) is 40.5. The van der Waals surface area contributed by atoms with E-state index in [1.807, 2.05) is 18.2 Å². The van der Waals surface area contributed by atoms with E-state index in [1.165, 1.54) is 17.8 Å². The number of benzene rings is 2. The number of ketones is 1. The summed E-state index contributed by atoms with van der Waals surface area (Å²) in [5.74, 6) is 0.646. The van der Waals surface area contributed by atoms with Gasteiger partial charge in [0.15, 0.2) is 10.9 Å². The van der Waals surface area contributed by atoms with Crippen LogP contribution in [0.1, 0.15) is 21.9 Å². The van der Waals surface area contributed by atoms with Crippen LogP contribution in [0.4, 0.5) is 0 Å². The second-order valence-electron chi connectivity index (χ2n) is 6.58. The molecule has 0 bridgehead atoms. The van der Waals surface area contributed by atoms with E-state index in [1.54, 1.807) is 41.0 Å². The van der Waals surface area contributed by atoms with Crippen LogP contribution in [0.25, 0.3) is 5.69 Å². The van der Waals surface area contributed by atoms with Gasteiger partial charge < -0.3 is 4.98 Å². The maximum absolute atomic E-state index is 12.5. The maximum Gasteiger partial charge on any atom is 0.325 e. The number of rotatable bonds is 7. The summed E-state index contributed by atoms with van der Waals surface area (Å²) in [5.41, 5.74) is 0.663. The molecule has 0 aliphatic heterocycles. The van der Waals surface area contributed by atoms with Crippen molar-refractivity contribution in [3.8, 4) is 5.69 Å². The molecule has 8 nitrogen and oxygen atoms in total. The van der Waals surface area contributed by atoms with Gasteiger partial charge in [-0.2, -0.15) is 0 Å². The zero-order valence-corrected chi connectivity index (χ0v) is 17.6. The van der Waals surface area contributed by atoms with Crippen LogP contribution < -0.4 is 11.2 Å². The fourth-order valence-corrected chi connectivity index (χ4v) is 3.97. The molecule has 2 aromatic heterocycles. The molecule has 0 aliphatic carbocycles. The van der Waals surface area contributed by atoms with Crippen LogP contribution >= 0.6 is 23.4 Å². The first-order valence-corrected chi connectivity index (χ1v) is 10.6. The Bertz CT molecular complexity index is 1300. The Hall–Kier alpha value is -3.43. The van der Waals surface area contributed by atoms with Gasteiger partial charge in [0, 0.05) is 34.5 Å². The van der Waals surface area contributed by atoms with Crippen LogP contribution in [-0.2, 0) is 6.42 Å². The number of H-pyrrole nitrogens is 2. The van der Waals surface area contributed by atoms with Crippen molar-refractivity contribution in [3.05, 3.63) is 104 Å². The number of aromatic nitrogens is 5. The van der Waals surface area contributed by atoms with Crippen molar-refractivity contribution in [1.82, 2.24) is 24.7 Å². The highest BCUT2D eigenvalue weighted by Crippen LogP contribution is 2.25. The molecular formula is C21H16ClN5O3S. The van der Waals surface area contributed by atoms with Crippen molar-refractivity contribution < 1.29 is 4.79 Å². The quantitative estimate of drug-likeness (QED) is 0.328. The second kappa shape index (κ2) is 9.15. The zero-order valence-electron chi connectivity index (χ0n) is 16.0. The summed E-state index contributed by atoms with van der Waals surface area (Å²) in [6, 6.07) is 17.4. The number of nitrogens with one attached hydrogen (secondary N) is 2. The molecule has 0 spiro atoms. The van der Waals surface area contributed by atoms with Crippen molar-refractivity contribution in [2.24, 2.45) is 0 Å². The smallest absolute Gasteiger partial charge is 0.311 e. The zero-order chi connectivity index (χ0) is 21.8. The monoisotopic (exact) mass is 453 g/mol. The Morgan fingerprint density at radius 3 is 2.45 bits per heavy atom. The minimum Gasteiger partial charge on any atom is -0.311 e. The lowest BCUT2D eigenvalue weighted by Gasteiger charge is -2.10. The third-order valence-corrected chi connectivity index (χ3v) is 5.56. The van der Waals surface area contributed by atoms with Crippen LogP contribution in [0.5, 0.6) is 0 Å². The molecule has 2 aromatic carbocycles. The van der Waals surface area contributed by atoms with E-state index in [0.29, 0.717) is 27.3 Å². The molecule has 0 aliphatic rings. The van der Waals surface area contributed by atoms with Gasteiger partial charge in [-0.05, 0) is 24.3 Å². The van der Waals surface area contributed by atoms with Gasteiger partial charge in [0.25, 0.3) is 5.56 Å². The van der Waals surface area contributed by atoms with Crippen molar-refractivity contribution in [1.29, 1.82) is 0 Å².